The molecule has 0 bridgehead atoms. The molecule has 1 aromatic heterocycles. The summed E-state index contributed by atoms with van der Waals surface area (Å²) < 4.78 is 10.8. The average molecular weight is 268 g/mol. The maximum atomic E-state index is 10.8. The van der Waals surface area contributed by atoms with Crippen molar-refractivity contribution >= 4 is 22.3 Å². The summed E-state index contributed by atoms with van der Waals surface area (Å²) in [7, 11) is -0.841. The first-order valence-corrected chi connectivity index (χ1v) is 6.86. The fourth-order valence-electron chi connectivity index (χ4n) is 1.27. The number of nitrogens with zero attached hydrogens (tertiary/aromatic N) is 3. The first-order chi connectivity index (χ1) is 8.54. The van der Waals surface area contributed by atoms with Crippen molar-refractivity contribution < 1.29 is 9.13 Å². The number of nitriles is 1. The Balaban J connectivity index is 2.66. The molecule has 7 nitrogen and oxygen atoms in total. The Morgan fingerprint density at radius 2 is 2.33 bits per heavy atom. The lowest BCUT2D eigenvalue weighted by Gasteiger charge is -2.04. The SMILES string of the molecule is CS(=O)CCCNc1ccc([N+](=O)[O-])c(C#N)n1. The lowest BCUT2D eigenvalue weighted by Crippen LogP contribution is -2.08. The van der Waals surface area contributed by atoms with Gasteiger partial charge in [-0.1, -0.05) is 0 Å². The second-order valence-corrected chi connectivity index (χ2v) is 5.05. The van der Waals surface area contributed by atoms with E-state index in [0.717, 1.165) is 0 Å². The standard InChI is InChI=1S/C10H12N4O3S/c1-18(17)6-2-5-12-10-4-3-9(14(15)16)8(7-11)13-10/h3-4H,2,5-6H2,1H3,(H,12,13). The third kappa shape index (κ3) is 4.10. The predicted molar refractivity (Wildman–Crippen MR) is 67.6 cm³/mol. The summed E-state index contributed by atoms with van der Waals surface area (Å²) in [5.41, 5.74) is -0.526. The maximum Gasteiger partial charge on any atom is 0.305 e. The minimum atomic E-state index is -0.841. The molecule has 0 saturated carbocycles. The molecule has 96 valence electrons. The monoisotopic (exact) mass is 268 g/mol. The Morgan fingerprint density at radius 1 is 1.61 bits per heavy atom. The molecular formula is C10H12N4O3S. The van der Waals surface area contributed by atoms with Crippen molar-refractivity contribution in [1.29, 1.82) is 5.26 Å². The van der Waals surface area contributed by atoms with Crippen LogP contribution in [0, 0.1) is 21.4 Å². The van der Waals surface area contributed by atoms with Gasteiger partial charge in [-0.25, -0.2) is 4.98 Å². The van der Waals surface area contributed by atoms with Gasteiger partial charge >= 0.3 is 5.69 Å². The van der Waals surface area contributed by atoms with Gasteiger partial charge in [0.15, 0.2) is 0 Å². The van der Waals surface area contributed by atoms with Crippen molar-refractivity contribution in [3.05, 3.63) is 27.9 Å². The third-order valence-electron chi connectivity index (χ3n) is 2.09. The van der Waals surface area contributed by atoms with E-state index in [2.05, 4.69) is 10.3 Å². The molecule has 0 spiro atoms. The topological polar surface area (TPSA) is 109 Å². The van der Waals surface area contributed by atoms with Crippen LogP contribution in [0.1, 0.15) is 12.1 Å². The third-order valence-corrected chi connectivity index (χ3v) is 2.95. The van der Waals surface area contributed by atoms with Crippen LogP contribution in [-0.4, -0.2) is 32.7 Å². The number of nitro groups is 1. The van der Waals surface area contributed by atoms with E-state index in [0.29, 0.717) is 24.5 Å². The van der Waals surface area contributed by atoms with Crippen molar-refractivity contribution in [3.63, 3.8) is 0 Å². The van der Waals surface area contributed by atoms with E-state index in [-0.39, 0.29) is 11.4 Å². The Bertz CT molecular complexity index is 512. The second kappa shape index (κ2) is 6.66. The maximum absolute atomic E-state index is 10.8. The molecule has 0 fully saturated rings. The summed E-state index contributed by atoms with van der Waals surface area (Å²) in [4.78, 5) is 13.8. The molecule has 1 atom stereocenters. The highest BCUT2D eigenvalue weighted by Crippen LogP contribution is 2.17. The molecule has 0 aliphatic carbocycles. The van der Waals surface area contributed by atoms with Gasteiger partial charge in [0.1, 0.15) is 11.9 Å². The minimum absolute atomic E-state index is 0.218. The van der Waals surface area contributed by atoms with Crippen LogP contribution in [0.25, 0.3) is 0 Å². The van der Waals surface area contributed by atoms with E-state index in [1.54, 1.807) is 12.3 Å². The van der Waals surface area contributed by atoms with Crippen LogP contribution in [0.4, 0.5) is 11.5 Å². The molecular weight excluding hydrogens is 256 g/mol. The number of hydrogen-bond acceptors (Lipinski definition) is 6. The first-order valence-electron chi connectivity index (χ1n) is 5.14. The smallest absolute Gasteiger partial charge is 0.305 e. The fourth-order valence-corrected chi connectivity index (χ4v) is 1.82. The molecule has 0 aliphatic rings. The Kier molecular flexibility index (Phi) is 5.20. The van der Waals surface area contributed by atoms with Crippen LogP contribution in [0.3, 0.4) is 0 Å². The number of aromatic nitrogens is 1. The van der Waals surface area contributed by atoms with Crippen LogP contribution in [-0.2, 0) is 10.8 Å². The Morgan fingerprint density at radius 3 is 2.89 bits per heavy atom. The molecule has 1 unspecified atom stereocenters. The number of anilines is 1. The van der Waals surface area contributed by atoms with E-state index in [1.165, 1.54) is 12.1 Å². The van der Waals surface area contributed by atoms with E-state index in [9.17, 15) is 14.3 Å². The predicted octanol–water partition coefficient (Wildman–Crippen LogP) is 1.04. The summed E-state index contributed by atoms with van der Waals surface area (Å²) in [6, 6.07) is 4.37. The number of nitrogens with one attached hydrogen (secondary N) is 1. The van der Waals surface area contributed by atoms with Crippen LogP contribution in [0.15, 0.2) is 12.1 Å². The summed E-state index contributed by atoms with van der Waals surface area (Å²) in [5, 5.41) is 22.3. The van der Waals surface area contributed by atoms with E-state index in [1.807, 2.05) is 0 Å². The number of hydrogen-bond donors (Lipinski definition) is 1. The lowest BCUT2D eigenvalue weighted by atomic mass is 10.3. The van der Waals surface area contributed by atoms with Gasteiger partial charge in [0.2, 0.25) is 5.69 Å². The zero-order valence-electron chi connectivity index (χ0n) is 9.75. The second-order valence-electron chi connectivity index (χ2n) is 3.49. The molecule has 0 aliphatic heterocycles. The van der Waals surface area contributed by atoms with Crippen molar-refractivity contribution in [3.8, 4) is 6.07 Å². The zero-order chi connectivity index (χ0) is 13.5. The molecule has 0 aromatic carbocycles. The van der Waals surface area contributed by atoms with Gasteiger partial charge in [0.25, 0.3) is 0 Å². The number of pyridine rings is 1. The molecule has 0 radical (unpaired) electrons. The average Bonchev–Trinajstić information content (AvgIpc) is 2.33. The van der Waals surface area contributed by atoms with Crippen LogP contribution in [0.5, 0.6) is 0 Å². The number of rotatable bonds is 6. The van der Waals surface area contributed by atoms with Crippen molar-refractivity contribution in [2.24, 2.45) is 0 Å². The molecule has 8 heteroatoms. The van der Waals surface area contributed by atoms with E-state index < -0.39 is 15.7 Å². The van der Waals surface area contributed by atoms with Gasteiger partial charge < -0.3 is 5.32 Å². The molecule has 0 saturated heterocycles. The zero-order valence-corrected chi connectivity index (χ0v) is 10.6. The summed E-state index contributed by atoms with van der Waals surface area (Å²) in [6.45, 7) is 0.551. The van der Waals surface area contributed by atoms with Crippen LogP contribution >= 0.6 is 0 Å². The molecule has 1 N–H and O–H groups in total. The Hall–Kier alpha value is -2.01. The Labute approximate surface area is 106 Å². The fraction of sp³-hybridized carbons (Fsp3) is 0.400. The van der Waals surface area contributed by atoms with Crippen molar-refractivity contribution in [2.45, 2.75) is 6.42 Å². The molecule has 1 heterocycles. The molecule has 0 amide bonds. The van der Waals surface area contributed by atoms with Gasteiger partial charge in [0, 0.05) is 35.4 Å². The van der Waals surface area contributed by atoms with Gasteiger partial charge in [-0.05, 0) is 12.5 Å². The van der Waals surface area contributed by atoms with Crippen molar-refractivity contribution in [1.82, 2.24) is 4.98 Å². The first kappa shape index (κ1) is 14.1. The highest BCUT2D eigenvalue weighted by atomic mass is 32.2. The van der Waals surface area contributed by atoms with Crippen LogP contribution in [0.2, 0.25) is 0 Å². The van der Waals surface area contributed by atoms with Gasteiger partial charge in [-0.3, -0.25) is 14.3 Å². The van der Waals surface area contributed by atoms with Gasteiger partial charge in [0.05, 0.1) is 4.92 Å². The molecule has 18 heavy (non-hydrogen) atoms. The van der Waals surface area contributed by atoms with Crippen molar-refractivity contribution in [2.75, 3.05) is 23.9 Å². The van der Waals surface area contributed by atoms with E-state index in [4.69, 9.17) is 5.26 Å². The van der Waals surface area contributed by atoms with Gasteiger partial charge in [-0.2, -0.15) is 5.26 Å². The normalized spacial score (nSPS) is 11.6. The van der Waals surface area contributed by atoms with Crippen LogP contribution < -0.4 is 5.32 Å². The summed E-state index contributed by atoms with van der Waals surface area (Å²) in [5.74, 6) is 0.976. The van der Waals surface area contributed by atoms with Gasteiger partial charge in [-0.15, -0.1) is 0 Å². The van der Waals surface area contributed by atoms with E-state index >= 15 is 0 Å². The summed E-state index contributed by atoms with van der Waals surface area (Å²) in [6.07, 6.45) is 2.32. The summed E-state index contributed by atoms with van der Waals surface area (Å²) >= 11 is 0. The molecule has 1 aromatic rings. The largest absolute Gasteiger partial charge is 0.370 e. The highest BCUT2D eigenvalue weighted by Gasteiger charge is 2.15. The molecule has 1 rings (SSSR count). The minimum Gasteiger partial charge on any atom is -0.370 e. The highest BCUT2D eigenvalue weighted by molar-refractivity contribution is 7.84. The lowest BCUT2D eigenvalue weighted by molar-refractivity contribution is -0.385. The quantitative estimate of drug-likeness (QED) is 0.469.